The molecule has 1 N–H and O–H groups in total. The molecule has 4 nitrogen and oxygen atoms in total. The summed E-state index contributed by atoms with van der Waals surface area (Å²) in [5.41, 5.74) is 4.13. The molecule has 0 saturated carbocycles. The lowest BCUT2D eigenvalue weighted by atomic mass is 10.0. The summed E-state index contributed by atoms with van der Waals surface area (Å²) in [7, 11) is 2.06. The molecule has 0 radical (unpaired) electrons. The zero-order valence-corrected chi connectivity index (χ0v) is 15.8. The molecule has 0 saturated heterocycles. The van der Waals surface area contributed by atoms with Gasteiger partial charge in [-0.1, -0.05) is 42.5 Å². The van der Waals surface area contributed by atoms with Gasteiger partial charge in [0.1, 0.15) is 0 Å². The first-order chi connectivity index (χ1) is 12.1. The molecule has 1 aromatic carbocycles. The average Bonchev–Trinajstić information content (AvgIpc) is 3.05. The number of halogens is 1. The van der Waals surface area contributed by atoms with Crippen molar-refractivity contribution in [1.29, 1.82) is 0 Å². The number of carboxylic acids is 1. The van der Waals surface area contributed by atoms with E-state index in [-0.39, 0.29) is 12.4 Å². The van der Waals surface area contributed by atoms with Crippen LogP contribution in [0.5, 0.6) is 0 Å². The number of nitrogens with zero attached hydrogens (tertiary/aromatic N) is 2. The van der Waals surface area contributed by atoms with E-state index in [2.05, 4.69) is 65.2 Å². The fraction of sp³-hybridized carbons (Fsp3) is 0.286. The zero-order valence-electron chi connectivity index (χ0n) is 15.0. The van der Waals surface area contributed by atoms with Gasteiger partial charge in [-0.25, -0.2) is 4.79 Å². The number of aromatic nitrogens is 1. The maximum Gasteiger partial charge on any atom is 0.332 e. The van der Waals surface area contributed by atoms with Gasteiger partial charge in [0.25, 0.3) is 0 Å². The summed E-state index contributed by atoms with van der Waals surface area (Å²) in [6, 6.07) is 14.6. The minimum Gasteiger partial charge on any atom is -0.478 e. The van der Waals surface area contributed by atoms with Crippen LogP contribution in [0.1, 0.15) is 24.1 Å². The number of aryl methyl sites for hydroxylation is 1. The molecule has 0 unspecified atom stereocenters. The van der Waals surface area contributed by atoms with Gasteiger partial charge >= 0.3 is 5.97 Å². The number of aliphatic carboxylic acids is 1. The fourth-order valence-corrected chi connectivity index (χ4v) is 3.27. The SMILES string of the molecule is Cl.Cn1cccc1/C(=C\CCN1CCC=C(C(=O)O)C1)c1ccccc1. The van der Waals surface area contributed by atoms with Crippen molar-refractivity contribution in [2.24, 2.45) is 7.05 Å². The lowest BCUT2D eigenvalue weighted by Gasteiger charge is -2.25. The summed E-state index contributed by atoms with van der Waals surface area (Å²) in [6.07, 6.45) is 7.87. The highest BCUT2D eigenvalue weighted by atomic mass is 35.5. The van der Waals surface area contributed by atoms with E-state index in [1.807, 2.05) is 12.1 Å². The van der Waals surface area contributed by atoms with Crippen molar-refractivity contribution in [3.8, 4) is 0 Å². The highest BCUT2D eigenvalue weighted by molar-refractivity contribution is 5.87. The molecule has 0 aliphatic carbocycles. The maximum absolute atomic E-state index is 11.2. The summed E-state index contributed by atoms with van der Waals surface area (Å²) >= 11 is 0. The van der Waals surface area contributed by atoms with Gasteiger partial charge < -0.3 is 9.67 Å². The molecular weight excluding hydrogens is 348 g/mol. The molecule has 2 heterocycles. The Kier molecular flexibility index (Phi) is 7.25. The van der Waals surface area contributed by atoms with Gasteiger partial charge in [0.05, 0.1) is 0 Å². The van der Waals surface area contributed by atoms with E-state index in [1.165, 1.54) is 16.8 Å². The van der Waals surface area contributed by atoms with Gasteiger partial charge in [0, 0.05) is 49.7 Å². The second-order valence-electron chi connectivity index (χ2n) is 6.38. The Morgan fingerprint density at radius 1 is 1.19 bits per heavy atom. The highest BCUT2D eigenvalue weighted by Gasteiger charge is 2.16. The minimum absolute atomic E-state index is 0. The Hall–Kier alpha value is -2.30. The number of rotatable bonds is 6. The van der Waals surface area contributed by atoms with Gasteiger partial charge in [0.15, 0.2) is 0 Å². The number of carbonyl (C=O) groups is 1. The van der Waals surface area contributed by atoms with E-state index in [9.17, 15) is 4.79 Å². The molecule has 138 valence electrons. The van der Waals surface area contributed by atoms with Crippen LogP contribution in [0.15, 0.2) is 66.4 Å². The Morgan fingerprint density at radius 3 is 2.62 bits per heavy atom. The minimum atomic E-state index is -0.797. The average molecular weight is 373 g/mol. The van der Waals surface area contributed by atoms with Crippen molar-refractivity contribution in [2.75, 3.05) is 19.6 Å². The third-order valence-corrected chi connectivity index (χ3v) is 4.60. The van der Waals surface area contributed by atoms with Crippen LogP contribution in [0.25, 0.3) is 5.57 Å². The summed E-state index contributed by atoms with van der Waals surface area (Å²) in [5, 5.41) is 9.16. The first-order valence-corrected chi connectivity index (χ1v) is 8.67. The molecule has 3 rings (SSSR count). The van der Waals surface area contributed by atoms with Crippen LogP contribution in [0.3, 0.4) is 0 Å². The summed E-state index contributed by atoms with van der Waals surface area (Å²) in [6.45, 7) is 2.33. The molecule has 26 heavy (non-hydrogen) atoms. The Balaban J connectivity index is 0.00000243. The van der Waals surface area contributed by atoms with Crippen LogP contribution in [-0.4, -0.2) is 40.2 Å². The molecule has 1 aliphatic heterocycles. The number of carboxylic acid groups (broad SMARTS) is 1. The Labute approximate surface area is 160 Å². The van der Waals surface area contributed by atoms with Gasteiger partial charge in [-0.2, -0.15) is 0 Å². The van der Waals surface area contributed by atoms with Crippen molar-refractivity contribution >= 4 is 23.9 Å². The van der Waals surface area contributed by atoms with E-state index in [0.717, 1.165) is 25.9 Å². The summed E-state index contributed by atoms with van der Waals surface area (Å²) in [5.74, 6) is -0.797. The van der Waals surface area contributed by atoms with Crippen molar-refractivity contribution in [3.05, 3.63) is 77.6 Å². The molecule has 5 heteroatoms. The third kappa shape index (κ3) is 4.87. The zero-order chi connectivity index (χ0) is 17.6. The van der Waals surface area contributed by atoms with E-state index >= 15 is 0 Å². The Morgan fingerprint density at radius 2 is 1.96 bits per heavy atom. The topological polar surface area (TPSA) is 45.5 Å². The fourth-order valence-electron chi connectivity index (χ4n) is 3.27. The van der Waals surface area contributed by atoms with Crippen molar-refractivity contribution in [3.63, 3.8) is 0 Å². The Bertz CT molecular complexity index is 793. The van der Waals surface area contributed by atoms with Crippen molar-refractivity contribution < 1.29 is 9.90 Å². The van der Waals surface area contributed by atoms with Gasteiger partial charge in [0.2, 0.25) is 0 Å². The first kappa shape index (κ1) is 20.0. The van der Waals surface area contributed by atoms with E-state index in [4.69, 9.17) is 5.11 Å². The quantitative estimate of drug-likeness (QED) is 0.834. The largest absolute Gasteiger partial charge is 0.478 e. The monoisotopic (exact) mass is 372 g/mol. The maximum atomic E-state index is 11.2. The predicted octanol–water partition coefficient (Wildman–Crippen LogP) is 3.99. The molecular formula is C21H25ClN2O2. The second-order valence-corrected chi connectivity index (χ2v) is 6.38. The van der Waals surface area contributed by atoms with Crippen LogP contribution in [-0.2, 0) is 11.8 Å². The van der Waals surface area contributed by atoms with Crippen molar-refractivity contribution in [2.45, 2.75) is 12.8 Å². The van der Waals surface area contributed by atoms with E-state index < -0.39 is 5.97 Å². The number of benzene rings is 1. The van der Waals surface area contributed by atoms with Crippen LogP contribution in [0.4, 0.5) is 0 Å². The summed E-state index contributed by atoms with van der Waals surface area (Å²) < 4.78 is 2.13. The molecule has 0 bridgehead atoms. The third-order valence-electron chi connectivity index (χ3n) is 4.60. The number of hydrogen-bond acceptors (Lipinski definition) is 2. The predicted molar refractivity (Wildman–Crippen MR) is 108 cm³/mol. The van der Waals surface area contributed by atoms with Crippen LogP contribution >= 0.6 is 12.4 Å². The van der Waals surface area contributed by atoms with Crippen molar-refractivity contribution in [1.82, 2.24) is 9.47 Å². The van der Waals surface area contributed by atoms with Crippen LogP contribution in [0.2, 0.25) is 0 Å². The van der Waals surface area contributed by atoms with Gasteiger partial charge in [-0.05, 0) is 30.5 Å². The smallest absolute Gasteiger partial charge is 0.332 e. The van der Waals surface area contributed by atoms with E-state index in [0.29, 0.717) is 12.1 Å². The van der Waals surface area contributed by atoms with Gasteiger partial charge in [-0.3, -0.25) is 4.90 Å². The summed E-state index contributed by atoms with van der Waals surface area (Å²) in [4.78, 5) is 13.4. The van der Waals surface area contributed by atoms with E-state index in [1.54, 1.807) is 0 Å². The molecule has 0 atom stereocenters. The molecule has 1 aliphatic rings. The first-order valence-electron chi connectivity index (χ1n) is 8.67. The normalized spacial score (nSPS) is 15.3. The molecule has 2 aromatic rings. The van der Waals surface area contributed by atoms with Crippen LogP contribution in [0, 0.1) is 0 Å². The lowest BCUT2D eigenvalue weighted by molar-refractivity contribution is -0.133. The molecule has 1 aromatic heterocycles. The molecule has 0 amide bonds. The van der Waals surface area contributed by atoms with Gasteiger partial charge in [-0.15, -0.1) is 12.4 Å². The standard InChI is InChI=1S/C21H24N2O2.ClH/c1-22-13-7-12-20(22)19(17-8-3-2-4-9-17)11-6-15-23-14-5-10-18(16-23)21(24)25;/h2-4,7-13H,5-6,14-16H2,1H3,(H,24,25);1H/b19-11-;. The molecule has 0 fully saturated rings. The highest BCUT2D eigenvalue weighted by Crippen LogP contribution is 2.24. The number of hydrogen-bond donors (Lipinski definition) is 1. The lowest BCUT2D eigenvalue weighted by Crippen LogP contribution is -2.32. The van der Waals surface area contributed by atoms with Crippen LogP contribution < -0.4 is 0 Å². The molecule has 0 spiro atoms. The second kappa shape index (κ2) is 9.41.